The van der Waals surface area contributed by atoms with Crippen LogP contribution in [0.2, 0.25) is 0 Å². The molecule has 26 heavy (non-hydrogen) atoms. The Morgan fingerprint density at radius 2 is 1.85 bits per heavy atom. The van der Waals surface area contributed by atoms with E-state index in [0.717, 1.165) is 9.69 Å². The van der Waals surface area contributed by atoms with Crippen LogP contribution in [0, 0.1) is 0 Å². The minimum Gasteiger partial charge on any atom is -0.348 e. The summed E-state index contributed by atoms with van der Waals surface area (Å²) in [4.78, 5) is 12.7. The van der Waals surface area contributed by atoms with E-state index in [0.29, 0.717) is 17.5 Å². The number of sulfonamides is 1. The van der Waals surface area contributed by atoms with E-state index in [2.05, 4.69) is 5.32 Å². The monoisotopic (exact) mass is 394 g/mol. The predicted octanol–water partition coefficient (Wildman–Crippen LogP) is 1.04. The number of anilines is 1. The Bertz CT molecular complexity index is 1140. The maximum atomic E-state index is 12.9. The number of benzene rings is 2. The van der Waals surface area contributed by atoms with E-state index in [1.165, 1.54) is 6.07 Å². The Balaban J connectivity index is 1.64. The second-order valence-corrected chi connectivity index (χ2v) is 11.1. The van der Waals surface area contributed by atoms with Crippen LogP contribution in [0.5, 0.6) is 0 Å². The molecule has 1 amide bonds. The van der Waals surface area contributed by atoms with Gasteiger partial charge in [-0.2, -0.15) is 0 Å². The van der Waals surface area contributed by atoms with Gasteiger partial charge in [0.2, 0.25) is 5.91 Å². The van der Waals surface area contributed by atoms with Gasteiger partial charge in [0, 0.05) is 5.39 Å². The highest BCUT2D eigenvalue weighted by atomic mass is 32.2. The molecule has 138 valence electrons. The second kappa shape index (κ2) is 5.43. The van der Waals surface area contributed by atoms with Crippen molar-refractivity contribution in [2.45, 2.75) is 23.8 Å². The van der Waals surface area contributed by atoms with Crippen molar-refractivity contribution in [1.29, 1.82) is 0 Å². The summed E-state index contributed by atoms with van der Waals surface area (Å²) < 4.78 is 50.2. The zero-order valence-electron chi connectivity index (χ0n) is 14.1. The summed E-state index contributed by atoms with van der Waals surface area (Å²) in [6, 6.07) is 10.3. The Hall–Kier alpha value is -2.13. The molecule has 0 aromatic heterocycles. The fourth-order valence-corrected chi connectivity index (χ4v) is 7.50. The fraction of sp³-hybridized carbons (Fsp3) is 0.353. The van der Waals surface area contributed by atoms with Crippen molar-refractivity contribution in [2.24, 2.45) is 0 Å². The first-order valence-electron chi connectivity index (χ1n) is 8.17. The molecule has 4 rings (SSSR count). The Labute approximate surface area is 152 Å². The van der Waals surface area contributed by atoms with Crippen LogP contribution in [0.15, 0.2) is 41.3 Å². The van der Waals surface area contributed by atoms with Gasteiger partial charge in [-0.3, -0.25) is 9.10 Å². The molecule has 1 atom stereocenters. The lowest BCUT2D eigenvalue weighted by Crippen LogP contribution is -2.50. The van der Waals surface area contributed by atoms with Crippen LogP contribution < -0.4 is 9.62 Å². The molecular formula is C17H18N2O5S2. The number of carbonyl (C=O) groups is 1. The van der Waals surface area contributed by atoms with Crippen molar-refractivity contribution in [1.82, 2.24) is 5.32 Å². The number of hydrogen-bond acceptors (Lipinski definition) is 5. The molecule has 7 nitrogen and oxygen atoms in total. The quantitative estimate of drug-likeness (QED) is 0.838. The van der Waals surface area contributed by atoms with Gasteiger partial charge in [0.15, 0.2) is 9.84 Å². The molecule has 0 aliphatic carbocycles. The number of hydrogen-bond donors (Lipinski definition) is 1. The summed E-state index contributed by atoms with van der Waals surface area (Å²) in [5.74, 6) is -0.622. The number of nitrogens with zero attached hydrogens (tertiary/aromatic N) is 1. The predicted molar refractivity (Wildman–Crippen MR) is 98.3 cm³/mol. The van der Waals surface area contributed by atoms with Crippen molar-refractivity contribution in [3.63, 3.8) is 0 Å². The first-order valence-corrected chi connectivity index (χ1v) is 11.4. The van der Waals surface area contributed by atoms with Crippen LogP contribution in [-0.2, 0) is 24.7 Å². The van der Waals surface area contributed by atoms with Crippen molar-refractivity contribution in [3.8, 4) is 0 Å². The lowest BCUT2D eigenvalue weighted by Gasteiger charge is -2.26. The Morgan fingerprint density at radius 3 is 2.50 bits per heavy atom. The van der Waals surface area contributed by atoms with Crippen LogP contribution in [0.3, 0.4) is 0 Å². The van der Waals surface area contributed by atoms with Gasteiger partial charge in [-0.25, -0.2) is 16.8 Å². The maximum absolute atomic E-state index is 12.9. The number of sulfone groups is 1. The first-order chi connectivity index (χ1) is 12.1. The molecule has 2 heterocycles. The molecule has 0 radical (unpaired) electrons. The fourth-order valence-electron chi connectivity index (χ4n) is 3.74. The van der Waals surface area contributed by atoms with E-state index in [4.69, 9.17) is 0 Å². The van der Waals surface area contributed by atoms with Gasteiger partial charge in [0.25, 0.3) is 10.0 Å². The highest BCUT2D eigenvalue weighted by molar-refractivity contribution is 7.93. The van der Waals surface area contributed by atoms with Gasteiger partial charge in [-0.1, -0.05) is 24.3 Å². The minimum absolute atomic E-state index is 0.0243. The molecule has 1 saturated heterocycles. The summed E-state index contributed by atoms with van der Waals surface area (Å²) in [5, 5.41) is 4.11. The van der Waals surface area contributed by atoms with E-state index in [1.54, 1.807) is 25.1 Å². The van der Waals surface area contributed by atoms with Gasteiger partial charge in [-0.05, 0) is 30.9 Å². The van der Waals surface area contributed by atoms with Gasteiger partial charge >= 0.3 is 0 Å². The maximum Gasteiger partial charge on any atom is 0.265 e. The molecule has 0 unspecified atom stereocenters. The average molecular weight is 394 g/mol. The SMILES string of the molecule is C[C@]1(NC(=O)CN2c3cccc4cccc(c34)S2(=O)=O)CCS(=O)(=O)C1. The van der Waals surface area contributed by atoms with Crippen LogP contribution in [0.25, 0.3) is 10.8 Å². The lowest BCUT2D eigenvalue weighted by atomic mass is 10.0. The van der Waals surface area contributed by atoms with Crippen molar-refractivity contribution in [2.75, 3.05) is 22.4 Å². The summed E-state index contributed by atoms with van der Waals surface area (Å²) in [7, 11) is -6.99. The number of rotatable bonds is 3. The van der Waals surface area contributed by atoms with Gasteiger partial charge in [0.05, 0.1) is 27.6 Å². The van der Waals surface area contributed by atoms with Crippen LogP contribution in [0.1, 0.15) is 13.3 Å². The van der Waals surface area contributed by atoms with Gasteiger partial charge in [-0.15, -0.1) is 0 Å². The molecule has 0 saturated carbocycles. The van der Waals surface area contributed by atoms with Crippen molar-refractivity contribution < 1.29 is 21.6 Å². The van der Waals surface area contributed by atoms with Crippen LogP contribution in [0.4, 0.5) is 5.69 Å². The molecule has 1 fully saturated rings. The first kappa shape index (κ1) is 17.3. The van der Waals surface area contributed by atoms with E-state index < -0.39 is 31.3 Å². The molecule has 0 spiro atoms. The topological polar surface area (TPSA) is 101 Å². The van der Waals surface area contributed by atoms with E-state index in [1.807, 2.05) is 12.1 Å². The minimum atomic E-state index is -3.82. The largest absolute Gasteiger partial charge is 0.348 e. The smallest absolute Gasteiger partial charge is 0.265 e. The highest BCUT2D eigenvalue weighted by Gasteiger charge is 2.41. The lowest BCUT2D eigenvalue weighted by molar-refractivity contribution is -0.121. The standard InChI is InChI=1S/C17H18N2O5S2/c1-17(8-9-25(21,22)11-17)18-15(20)10-19-13-6-2-4-12-5-3-7-14(16(12)13)26(19,23)24/h2-7H,8-11H2,1H3,(H,18,20)/t17-/m0/s1. The van der Waals surface area contributed by atoms with Gasteiger partial charge in [0.1, 0.15) is 6.54 Å². The summed E-state index contributed by atoms with van der Waals surface area (Å²) in [6.45, 7) is 1.29. The summed E-state index contributed by atoms with van der Waals surface area (Å²) in [5.41, 5.74) is -0.393. The number of nitrogens with one attached hydrogen (secondary N) is 1. The van der Waals surface area contributed by atoms with E-state index >= 15 is 0 Å². The zero-order valence-corrected chi connectivity index (χ0v) is 15.7. The average Bonchev–Trinajstić information content (AvgIpc) is 2.94. The third-order valence-electron chi connectivity index (χ3n) is 4.91. The highest BCUT2D eigenvalue weighted by Crippen LogP contribution is 2.41. The van der Waals surface area contributed by atoms with Crippen LogP contribution in [-0.4, -0.2) is 46.3 Å². The third kappa shape index (κ3) is 2.66. The summed E-state index contributed by atoms with van der Waals surface area (Å²) >= 11 is 0. The second-order valence-electron chi connectivity index (χ2n) is 7.09. The van der Waals surface area contributed by atoms with Crippen molar-refractivity contribution in [3.05, 3.63) is 36.4 Å². The third-order valence-corrected chi connectivity index (χ3v) is 8.62. The molecule has 0 bridgehead atoms. The van der Waals surface area contributed by atoms with E-state index in [-0.39, 0.29) is 22.9 Å². The van der Waals surface area contributed by atoms with E-state index in [9.17, 15) is 21.6 Å². The molecule has 2 aliphatic rings. The molecular weight excluding hydrogens is 376 g/mol. The Kier molecular flexibility index (Phi) is 3.61. The number of amides is 1. The molecule has 1 N–H and O–H groups in total. The summed E-state index contributed by atoms with van der Waals surface area (Å²) in [6.07, 6.45) is 0.323. The zero-order chi connectivity index (χ0) is 18.7. The molecule has 2 aromatic rings. The number of carbonyl (C=O) groups excluding carboxylic acids is 1. The molecule has 2 aromatic carbocycles. The molecule has 9 heteroatoms. The normalized spacial score (nSPS) is 25.5. The van der Waals surface area contributed by atoms with Gasteiger partial charge < -0.3 is 5.32 Å². The Morgan fingerprint density at radius 1 is 1.15 bits per heavy atom. The molecule has 2 aliphatic heterocycles. The van der Waals surface area contributed by atoms with Crippen LogP contribution >= 0.6 is 0 Å². The van der Waals surface area contributed by atoms with Crippen molar-refractivity contribution >= 4 is 42.2 Å².